The molecular weight excluding hydrogens is 172 g/mol. The van der Waals surface area contributed by atoms with Crippen molar-refractivity contribution in [2.24, 2.45) is 0 Å². The smallest absolute Gasteiger partial charge is 0.0598 e. The maximum Gasteiger partial charge on any atom is 0.0598 e. The van der Waals surface area contributed by atoms with E-state index in [1.807, 2.05) is 0 Å². The lowest BCUT2D eigenvalue weighted by atomic mass is 10.2. The molecule has 0 spiro atoms. The average Bonchev–Trinajstić information content (AvgIpc) is 2.67. The second-order valence-electron chi connectivity index (χ2n) is 3.83. The fraction of sp³-hybridized carbons (Fsp3) is 0.500. The fourth-order valence-electron chi connectivity index (χ4n) is 2.07. The average molecular weight is 190 g/mol. The topological polar surface area (TPSA) is 15.3 Å². The molecule has 76 valence electrons. The summed E-state index contributed by atoms with van der Waals surface area (Å²) in [6, 6.07) is 10.7. The quantitative estimate of drug-likeness (QED) is 0.782. The number of nitrogens with one attached hydrogen (secondary N) is 1. The van der Waals surface area contributed by atoms with Gasteiger partial charge in [0, 0.05) is 19.6 Å². The normalized spacial score (nSPS) is 22.8. The van der Waals surface area contributed by atoms with Crippen LogP contribution in [0.5, 0.6) is 0 Å². The molecule has 0 saturated carbocycles. The number of hydrogen-bond donors (Lipinski definition) is 1. The Morgan fingerprint density at radius 3 is 2.86 bits per heavy atom. The molecule has 1 aromatic rings. The minimum Gasteiger partial charge on any atom is -0.300 e. The van der Waals surface area contributed by atoms with Gasteiger partial charge in [0.05, 0.1) is 6.17 Å². The molecule has 14 heavy (non-hydrogen) atoms. The van der Waals surface area contributed by atoms with E-state index in [-0.39, 0.29) is 0 Å². The van der Waals surface area contributed by atoms with Crippen molar-refractivity contribution < 1.29 is 0 Å². The Bertz CT molecular complexity index is 271. The first-order valence-corrected chi connectivity index (χ1v) is 5.41. The van der Waals surface area contributed by atoms with E-state index < -0.39 is 0 Å². The van der Waals surface area contributed by atoms with Crippen LogP contribution in [0, 0.1) is 0 Å². The first kappa shape index (κ1) is 9.69. The van der Waals surface area contributed by atoms with Gasteiger partial charge in [-0.25, -0.2) is 0 Å². The maximum atomic E-state index is 3.50. The van der Waals surface area contributed by atoms with Gasteiger partial charge in [0.1, 0.15) is 0 Å². The molecule has 1 saturated heterocycles. The highest BCUT2D eigenvalue weighted by molar-refractivity contribution is 5.14. The highest BCUT2D eigenvalue weighted by Crippen LogP contribution is 2.11. The van der Waals surface area contributed by atoms with E-state index in [0.29, 0.717) is 6.17 Å². The Labute approximate surface area is 85.9 Å². The van der Waals surface area contributed by atoms with Gasteiger partial charge in [-0.15, -0.1) is 0 Å². The molecule has 0 aliphatic carbocycles. The third-order valence-corrected chi connectivity index (χ3v) is 2.83. The molecule has 0 radical (unpaired) electrons. The zero-order chi connectivity index (χ0) is 9.80. The van der Waals surface area contributed by atoms with Crippen LogP contribution in [0.3, 0.4) is 0 Å². The van der Waals surface area contributed by atoms with Gasteiger partial charge in [0.25, 0.3) is 0 Å². The monoisotopic (exact) mass is 190 g/mol. The number of rotatable bonds is 3. The Balaban J connectivity index is 1.97. The second-order valence-corrected chi connectivity index (χ2v) is 3.83. The standard InChI is InChI=1S/C12H18N2/c1-2-12-13-8-9-14(12)10-11-6-4-3-5-7-11/h3-7,12-13H,2,8-10H2,1H3. The van der Waals surface area contributed by atoms with E-state index >= 15 is 0 Å². The first-order chi connectivity index (χ1) is 6.90. The van der Waals surface area contributed by atoms with Crippen molar-refractivity contribution in [3.05, 3.63) is 35.9 Å². The molecule has 2 heteroatoms. The summed E-state index contributed by atoms with van der Waals surface area (Å²) < 4.78 is 0. The molecule has 1 aliphatic rings. The van der Waals surface area contributed by atoms with Crippen molar-refractivity contribution in [2.45, 2.75) is 26.1 Å². The van der Waals surface area contributed by atoms with Crippen molar-refractivity contribution >= 4 is 0 Å². The lowest BCUT2D eigenvalue weighted by molar-refractivity contribution is 0.227. The minimum atomic E-state index is 0.579. The van der Waals surface area contributed by atoms with Crippen molar-refractivity contribution in [2.75, 3.05) is 13.1 Å². The van der Waals surface area contributed by atoms with Gasteiger partial charge in [-0.3, -0.25) is 4.90 Å². The van der Waals surface area contributed by atoms with Crippen LogP contribution in [0.2, 0.25) is 0 Å². The molecule has 1 N–H and O–H groups in total. The Morgan fingerprint density at radius 1 is 1.36 bits per heavy atom. The lowest BCUT2D eigenvalue weighted by Crippen LogP contribution is -2.34. The van der Waals surface area contributed by atoms with Crippen LogP contribution in [0.4, 0.5) is 0 Å². The summed E-state index contributed by atoms with van der Waals surface area (Å²) in [5, 5.41) is 3.50. The zero-order valence-corrected chi connectivity index (χ0v) is 8.74. The molecule has 0 aromatic heterocycles. The highest BCUT2D eigenvalue weighted by Gasteiger charge is 2.21. The lowest BCUT2D eigenvalue weighted by Gasteiger charge is -2.22. The third-order valence-electron chi connectivity index (χ3n) is 2.83. The predicted octanol–water partition coefficient (Wildman–Crippen LogP) is 1.83. The molecule has 1 heterocycles. The molecule has 1 unspecified atom stereocenters. The Morgan fingerprint density at radius 2 is 2.14 bits per heavy atom. The summed E-state index contributed by atoms with van der Waals surface area (Å²) in [6.07, 6.45) is 1.77. The minimum absolute atomic E-state index is 0.579. The van der Waals surface area contributed by atoms with Crippen molar-refractivity contribution in [3.63, 3.8) is 0 Å². The van der Waals surface area contributed by atoms with Gasteiger partial charge in [-0.05, 0) is 12.0 Å². The number of nitrogens with zero attached hydrogens (tertiary/aromatic N) is 1. The molecule has 1 fully saturated rings. The van der Waals surface area contributed by atoms with Gasteiger partial charge >= 0.3 is 0 Å². The van der Waals surface area contributed by atoms with Crippen molar-refractivity contribution in [1.82, 2.24) is 10.2 Å². The van der Waals surface area contributed by atoms with Gasteiger partial charge in [-0.1, -0.05) is 37.3 Å². The van der Waals surface area contributed by atoms with Gasteiger partial charge in [0.15, 0.2) is 0 Å². The molecule has 0 bridgehead atoms. The van der Waals surface area contributed by atoms with Crippen molar-refractivity contribution in [3.8, 4) is 0 Å². The number of benzene rings is 1. The Hall–Kier alpha value is -0.860. The van der Waals surface area contributed by atoms with E-state index in [9.17, 15) is 0 Å². The van der Waals surface area contributed by atoms with Crippen molar-refractivity contribution in [1.29, 1.82) is 0 Å². The van der Waals surface area contributed by atoms with E-state index in [0.717, 1.165) is 13.1 Å². The van der Waals surface area contributed by atoms with Crippen LogP contribution >= 0.6 is 0 Å². The van der Waals surface area contributed by atoms with Crippen LogP contribution in [-0.4, -0.2) is 24.2 Å². The maximum absolute atomic E-state index is 3.50. The molecule has 1 aromatic carbocycles. The van der Waals surface area contributed by atoms with Gasteiger partial charge in [0.2, 0.25) is 0 Å². The molecule has 1 aliphatic heterocycles. The summed E-state index contributed by atoms with van der Waals surface area (Å²) >= 11 is 0. The van der Waals surface area contributed by atoms with E-state index in [1.54, 1.807) is 0 Å². The highest BCUT2D eigenvalue weighted by atomic mass is 15.3. The summed E-state index contributed by atoms with van der Waals surface area (Å²) in [5.74, 6) is 0. The van der Waals surface area contributed by atoms with Crippen LogP contribution in [0.15, 0.2) is 30.3 Å². The first-order valence-electron chi connectivity index (χ1n) is 5.41. The molecule has 2 rings (SSSR count). The summed E-state index contributed by atoms with van der Waals surface area (Å²) in [6.45, 7) is 5.62. The molecule has 1 atom stereocenters. The van der Waals surface area contributed by atoms with E-state index in [2.05, 4.69) is 47.5 Å². The van der Waals surface area contributed by atoms with Gasteiger partial charge in [-0.2, -0.15) is 0 Å². The second kappa shape index (κ2) is 4.58. The van der Waals surface area contributed by atoms with Gasteiger partial charge < -0.3 is 5.32 Å². The largest absolute Gasteiger partial charge is 0.300 e. The molecule has 0 amide bonds. The summed E-state index contributed by atoms with van der Waals surface area (Å²) in [7, 11) is 0. The molecular formula is C12H18N2. The summed E-state index contributed by atoms with van der Waals surface area (Å²) in [5.41, 5.74) is 1.41. The van der Waals surface area contributed by atoms with Crippen LogP contribution in [0.25, 0.3) is 0 Å². The predicted molar refractivity (Wildman–Crippen MR) is 58.9 cm³/mol. The van der Waals surface area contributed by atoms with E-state index in [1.165, 1.54) is 18.5 Å². The SMILES string of the molecule is CCC1NCCN1Cc1ccccc1. The fourth-order valence-corrected chi connectivity index (χ4v) is 2.07. The van der Waals surface area contributed by atoms with Crippen LogP contribution in [-0.2, 0) is 6.54 Å². The Kier molecular flexibility index (Phi) is 3.17. The zero-order valence-electron chi connectivity index (χ0n) is 8.74. The van der Waals surface area contributed by atoms with Crippen LogP contribution in [0.1, 0.15) is 18.9 Å². The summed E-state index contributed by atoms with van der Waals surface area (Å²) in [4.78, 5) is 2.51. The third kappa shape index (κ3) is 2.14. The number of hydrogen-bond acceptors (Lipinski definition) is 2. The van der Waals surface area contributed by atoms with Crippen LogP contribution < -0.4 is 5.32 Å². The van der Waals surface area contributed by atoms with E-state index in [4.69, 9.17) is 0 Å². The molecule has 2 nitrogen and oxygen atoms in total.